The third-order valence-corrected chi connectivity index (χ3v) is 1.82. The molecule has 0 aromatic rings. The van der Waals surface area contributed by atoms with Crippen molar-refractivity contribution >= 4 is 24.1 Å². The summed E-state index contributed by atoms with van der Waals surface area (Å²) in [5.74, 6) is -0.945. The molecule has 0 aromatic heterocycles. The molecule has 19 heavy (non-hydrogen) atoms. The standard InChI is InChI=1S/C11H14N2O6/c14-8-12-4-6-18-10(16)2-1-3-11(17)19-7-5-13-9-15/h1-7H2. The highest BCUT2D eigenvalue weighted by Gasteiger charge is 2.06. The Morgan fingerprint density at radius 3 is 1.63 bits per heavy atom. The molecule has 0 rings (SSSR count). The number of carbonyl (C=O) groups is 2. The van der Waals surface area contributed by atoms with Crippen molar-refractivity contribution in [2.75, 3.05) is 26.3 Å². The molecule has 0 aliphatic carbocycles. The minimum absolute atomic E-state index is 0.0161. The highest BCUT2D eigenvalue weighted by Crippen LogP contribution is 1.99. The lowest BCUT2D eigenvalue weighted by Gasteiger charge is -2.03. The van der Waals surface area contributed by atoms with Crippen LogP contribution in [0.4, 0.5) is 0 Å². The van der Waals surface area contributed by atoms with E-state index in [4.69, 9.17) is 9.47 Å². The third kappa shape index (κ3) is 12.0. The lowest BCUT2D eigenvalue weighted by molar-refractivity contribution is -0.145. The number of aliphatic imine (C=N–C) groups is 2. The average molecular weight is 270 g/mol. The number of nitrogens with zero attached hydrogens (tertiary/aromatic N) is 2. The Morgan fingerprint density at radius 2 is 1.26 bits per heavy atom. The zero-order valence-electron chi connectivity index (χ0n) is 10.3. The smallest absolute Gasteiger partial charge is 0.305 e. The molecule has 8 heteroatoms. The van der Waals surface area contributed by atoms with Crippen molar-refractivity contribution in [1.82, 2.24) is 0 Å². The summed E-state index contributed by atoms with van der Waals surface area (Å²) in [4.78, 5) is 48.1. The van der Waals surface area contributed by atoms with E-state index in [9.17, 15) is 19.2 Å². The van der Waals surface area contributed by atoms with Crippen molar-refractivity contribution in [3.05, 3.63) is 0 Å². The zero-order chi connectivity index (χ0) is 14.3. The summed E-state index contributed by atoms with van der Waals surface area (Å²) in [7, 11) is 0. The first kappa shape index (κ1) is 16.7. The third-order valence-electron chi connectivity index (χ3n) is 1.82. The van der Waals surface area contributed by atoms with Crippen LogP contribution in [0.5, 0.6) is 0 Å². The highest BCUT2D eigenvalue weighted by atomic mass is 16.5. The Balaban J connectivity index is 3.50. The summed E-state index contributed by atoms with van der Waals surface area (Å²) >= 11 is 0. The molecule has 0 spiro atoms. The Bertz CT molecular complexity index is 347. The van der Waals surface area contributed by atoms with E-state index in [1.807, 2.05) is 0 Å². The second-order valence-corrected chi connectivity index (χ2v) is 3.24. The number of ether oxygens (including phenoxy) is 2. The Labute approximate surface area is 109 Å². The molecule has 0 aliphatic heterocycles. The van der Waals surface area contributed by atoms with Gasteiger partial charge in [0.2, 0.25) is 12.2 Å². The predicted molar refractivity (Wildman–Crippen MR) is 61.7 cm³/mol. The molecular weight excluding hydrogens is 256 g/mol. The topological polar surface area (TPSA) is 111 Å². The first-order chi connectivity index (χ1) is 9.20. The molecule has 0 saturated heterocycles. The van der Waals surface area contributed by atoms with Gasteiger partial charge in [0.15, 0.2) is 0 Å². The van der Waals surface area contributed by atoms with Gasteiger partial charge in [-0.05, 0) is 6.42 Å². The fourth-order valence-corrected chi connectivity index (χ4v) is 1.02. The van der Waals surface area contributed by atoms with Crippen molar-refractivity contribution in [3.8, 4) is 0 Å². The molecule has 104 valence electrons. The molecular formula is C11H14N2O6. The van der Waals surface area contributed by atoms with Crippen LogP contribution in [0.2, 0.25) is 0 Å². The Kier molecular flexibility index (Phi) is 10.7. The average Bonchev–Trinajstić information content (AvgIpc) is 2.40. The Hall–Kier alpha value is -2.30. The molecule has 0 radical (unpaired) electrons. The van der Waals surface area contributed by atoms with Gasteiger partial charge < -0.3 is 9.47 Å². The van der Waals surface area contributed by atoms with Gasteiger partial charge in [-0.3, -0.25) is 9.59 Å². The molecule has 0 aliphatic rings. The first-order valence-corrected chi connectivity index (χ1v) is 5.59. The van der Waals surface area contributed by atoms with Crippen LogP contribution in [-0.4, -0.2) is 50.4 Å². The van der Waals surface area contributed by atoms with E-state index in [1.54, 1.807) is 0 Å². The molecule has 0 amide bonds. The van der Waals surface area contributed by atoms with Gasteiger partial charge in [-0.1, -0.05) is 0 Å². The molecule has 0 unspecified atom stereocenters. The molecule has 0 N–H and O–H groups in total. The predicted octanol–water partition coefficient (Wildman–Crippen LogP) is -0.0853. The van der Waals surface area contributed by atoms with Gasteiger partial charge in [0.05, 0.1) is 13.1 Å². The summed E-state index contributed by atoms with van der Waals surface area (Å²) in [6.45, 7) is 0.188. The number of carbonyl (C=O) groups excluding carboxylic acids is 4. The molecule has 0 heterocycles. The molecule has 8 nitrogen and oxygen atoms in total. The van der Waals surface area contributed by atoms with Crippen LogP contribution in [0, 0.1) is 0 Å². The van der Waals surface area contributed by atoms with E-state index >= 15 is 0 Å². The molecule has 0 fully saturated rings. The van der Waals surface area contributed by atoms with Gasteiger partial charge in [-0.15, -0.1) is 0 Å². The highest BCUT2D eigenvalue weighted by molar-refractivity contribution is 5.72. The maximum atomic E-state index is 11.1. The number of esters is 2. The SMILES string of the molecule is O=C=NCCOC(=O)CCCC(=O)OCCN=C=O. The zero-order valence-corrected chi connectivity index (χ0v) is 10.3. The number of hydrogen-bond acceptors (Lipinski definition) is 8. The quantitative estimate of drug-likeness (QED) is 0.237. The minimum atomic E-state index is -0.473. The van der Waals surface area contributed by atoms with E-state index in [1.165, 1.54) is 12.2 Å². The van der Waals surface area contributed by atoms with Crippen LogP contribution >= 0.6 is 0 Å². The van der Waals surface area contributed by atoms with Crippen LogP contribution < -0.4 is 0 Å². The van der Waals surface area contributed by atoms with Gasteiger partial charge in [-0.2, -0.15) is 0 Å². The van der Waals surface area contributed by atoms with Gasteiger partial charge in [0, 0.05) is 12.8 Å². The summed E-state index contributed by atoms with van der Waals surface area (Å²) in [5, 5.41) is 0. The first-order valence-electron chi connectivity index (χ1n) is 5.59. The molecule has 0 bridgehead atoms. The van der Waals surface area contributed by atoms with Crippen molar-refractivity contribution in [2.45, 2.75) is 19.3 Å². The van der Waals surface area contributed by atoms with E-state index in [2.05, 4.69) is 9.98 Å². The fraction of sp³-hybridized carbons (Fsp3) is 0.636. The number of rotatable bonds is 10. The van der Waals surface area contributed by atoms with Crippen LogP contribution in [0.25, 0.3) is 0 Å². The van der Waals surface area contributed by atoms with E-state index in [-0.39, 0.29) is 39.1 Å². The summed E-state index contributed by atoms with van der Waals surface area (Å²) in [5.41, 5.74) is 0. The van der Waals surface area contributed by atoms with Crippen LogP contribution in [-0.2, 0) is 28.7 Å². The molecule has 0 saturated carbocycles. The number of isocyanates is 2. The Morgan fingerprint density at radius 1 is 0.842 bits per heavy atom. The van der Waals surface area contributed by atoms with Crippen LogP contribution in [0.3, 0.4) is 0 Å². The van der Waals surface area contributed by atoms with Crippen LogP contribution in [0.1, 0.15) is 19.3 Å². The summed E-state index contributed by atoms with van der Waals surface area (Å²) < 4.78 is 9.43. The second kappa shape index (κ2) is 12.2. The number of hydrogen-bond donors (Lipinski definition) is 0. The summed E-state index contributed by atoms with van der Waals surface area (Å²) in [6, 6.07) is 0. The second-order valence-electron chi connectivity index (χ2n) is 3.24. The maximum absolute atomic E-state index is 11.1. The van der Waals surface area contributed by atoms with Crippen molar-refractivity contribution in [2.24, 2.45) is 9.98 Å². The largest absolute Gasteiger partial charge is 0.464 e. The van der Waals surface area contributed by atoms with Crippen molar-refractivity contribution in [1.29, 1.82) is 0 Å². The van der Waals surface area contributed by atoms with E-state index < -0.39 is 11.9 Å². The van der Waals surface area contributed by atoms with Crippen LogP contribution in [0.15, 0.2) is 9.98 Å². The normalized spacial score (nSPS) is 8.84. The molecule has 0 aromatic carbocycles. The minimum Gasteiger partial charge on any atom is -0.464 e. The van der Waals surface area contributed by atoms with Gasteiger partial charge in [0.1, 0.15) is 13.2 Å². The monoisotopic (exact) mass is 270 g/mol. The maximum Gasteiger partial charge on any atom is 0.305 e. The van der Waals surface area contributed by atoms with Crippen molar-refractivity contribution in [3.63, 3.8) is 0 Å². The lowest BCUT2D eigenvalue weighted by atomic mass is 10.2. The lowest BCUT2D eigenvalue weighted by Crippen LogP contribution is -2.10. The fourth-order valence-electron chi connectivity index (χ4n) is 1.02. The van der Waals surface area contributed by atoms with E-state index in [0.29, 0.717) is 6.42 Å². The van der Waals surface area contributed by atoms with Gasteiger partial charge in [0.25, 0.3) is 0 Å². The molecule has 0 atom stereocenters. The van der Waals surface area contributed by atoms with Gasteiger partial charge >= 0.3 is 11.9 Å². The van der Waals surface area contributed by atoms with Crippen molar-refractivity contribution < 1.29 is 28.7 Å². The summed E-state index contributed by atoms with van der Waals surface area (Å²) in [6.07, 6.45) is 3.09. The van der Waals surface area contributed by atoms with E-state index in [0.717, 1.165) is 0 Å². The van der Waals surface area contributed by atoms with Gasteiger partial charge in [-0.25, -0.2) is 19.6 Å².